The van der Waals surface area contributed by atoms with Gasteiger partial charge in [-0.3, -0.25) is 19.8 Å². The molecular weight excluding hydrogens is 732 g/mol. The highest BCUT2D eigenvalue weighted by molar-refractivity contribution is 7.71. The van der Waals surface area contributed by atoms with Gasteiger partial charge in [-0.15, -0.1) is 0 Å². The number of nitrogens with zero attached hydrogens (tertiary/aromatic N) is 7. The Morgan fingerprint density at radius 2 is 1.73 bits per heavy atom. The van der Waals surface area contributed by atoms with Crippen LogP contribution in [0.1, 0.15) is 44.1 Å². The number of aromatic amines is 1. The number of halogens is 1. The van der Waals surface area contributed by atoms with E-state index in [1.165, 1.54) is 0 Å². The van der Waals surface area contributed by atoms with Crippen LogP contribution in [0.5, 0.6) is 5.75 Å². The number of methoxy groups -OCH3 is 1. The van der Waals surface area contributed by atoms with E-state index in [0.717, 1.165) is 61.0 Å². The molecule has 0 radical (unpaired) electrons. The summed E-state index contributed by atoms with van der Waals surface area (Å²) in [6.07, 6.45) is 12.7. The van der Waals surface area contributed by atoms with Crippen molar-refractivity contribution in [2.75, 3.05) is 69.2 Å². The molecule has 0 bridgehead atoms. The van der Waals surface area contributed by atoms with Crippen LogP contribution < -0.4 is 31.3 Å². The monoisotopic (exact) mass is 779 g/mol. The topological polar surface area (TPSA) is 180 Å². The van der Waals surface area contributed by atoms with Gasteiger partial charge in [0.2, 0.25) is 5.95 Å². The van der Waals surface area contributed by atoms with Crippen molar-refractivity contribution in [2.45, 2.75) is 44.2 Å². The molecule has 3 aliphatic rings. The van der Waals surface area contributed by atoms with Crippen LogP contribution in [0.3, 0.4) is 0 Å². The van der Waals surface area contributed by atoms with Gasteiger partial charge in [-0.2, -0.15) is 9.97 Å². The fourth-order valence-electron chi connectivity index (χ4n) is 8.19. The zero-order chi connectivity index (χ0) is 39.2. The molecule has 5 aromatic rings. The van der Waals surface area contributed by atoms with E-state index in [-0.39, 0.29) is 11.3 Å². The van der Waals surface area contributed by atoms with Crippen molar-refractivity contribution >= 4 is 81.0 Å². The first kappa shape index (κ1) is 37.4. The minimum atomic E-state index is -2.83. The van der Waals surface area contributed by atoms with Crippen LogP contribution in [-0.4, -0.2) is 101 Å². The van der Waals surface area contributed by atoms with E-state index in [1.54, 1.807) is 63.4 Å². The number of alkyl halides is 1. The van der Waals surface area contributed by atoms with Gasteiger partial charge in [0.1, 0.15) is 29.9 Å². The van der Waals surface area contributed by atoms with Gasteiger partial charge in [0.15, 0.2) is 5.67 Å². The number of likely N-dealkylation sites (tertiary alicyclic amines) is 1. The average molecular weight is 780 g/mol. The molecule has 1 spiro atoms. The third-order valence-corrected chi connectivity index (χ3v) is 13.0. The lowest BCUT2D eigenvalue weighted by Gasteiger charge is -2.48. The van der Waals surface area contributed by atoms with Crippen LogP contribution in [0.15, 0.2) is 60.1 Å². The molecule has 2 aliphatic heterocycles. The molecule has 1 aliphatic carbocycles. The molecule has 3 fully saturated rings. The molecule has 1 amide bonds. The van der Waals surface area contributed by atoms with E-state index in [9.17, 15) is 13.8 Å². The van der Waals surface area contributed by atoms with E-state index < -0.39 is 12.8 Å². The fraction of sp³-hybridized carbons (Fsp3) is 0.400. The molecule has 56 heavy (non-hydrogen) atoms. The minimum Gasteiger partial charge on any atom is -0.494 e. The van der Waals surface area contributed by atoms with E-state index in [2.05, 4.69) is 35.5 Å². The summed E-state index contributed by atoms with van der Waals surface area (Å²) >= 11 is 0. The van der Waals surface area contributed by atoms with Crippen LogP contribution in [0.4, 0.5) is 33.2 Å². The van der Waals surface area contributed by atoms with Crippen molar-refractivity contribution in [3.05, 3.63) is 60.7 Å². The average Bonchev–Trinajstić information content (AvgIpc) is 3.77. The Balaban J connectivity index is 1.09. The quantitative estimate of drug-likeness (QED) is 0.0916. The van der Waals surface area contributed by atoms with Crippen LogP contribution in [0.25, 0.3) is 27.6 Å². The summed E-state index contributed by atoms with van der Waals surface area (Å²) in [6, 6.07) is 9.57. The summed E-state index contributed by atoms with van der Waals surface area (Å²) in [5.41, 5.74) is 10.3. The van der Waals surface area contributed by atoms with Crippen molar-refractivity contribution in [3.63, 3.8) is 0 Å². The number of aliphatic imine (C=N–C) groups is 1. The van der Waals surface area contributed by atoms with E-state index >= 15 is 0 Å². The normalized spacial score (nSPS) is 18.2. The number of nitrogens with one attached hydrogen (secondary N) is 3. The molecule has 2 saturated heterocycles. The Morgan fingerprint density at radius 3 is 2.41 bits per heavy atom. The zero-order valence-corrected chi connectivity index (χ0v) is 33.0. The summed E-state index contributed by atoms with van der Waals surface area (Å²) < 4.78 is 34.2. The SMILES string of the molecule is CN=CC(=CN)c1cc(Nc2nc(Nc3ccc4nccnc4c3P(C)(C)=O)c3cc[nH]c3n2)c(OC)cc1N1CCC2(CCN(C(=O)C3(F)CC3)CC2)CC1. The molecule has 3 aromatic heterocycles. The number of amides is 1. The molecule has 0 atom stereocenters. The molecular formula is C40H47FN11O3P. The predicted octanol–water partition coefficient (Wildman–Crippen LogP) is 6.36. The summed E-state index contributed by atoms with van der Waals surface area (Å²) in [5, 5.41) is 8.17. The number of anilines is 5. The number of nitrogens with two attached hydrogens (primary N) is 1. The third kappa shape index (κ3) is 7.04. The number of piperidine rings is 2. The maximum atomic E-state index is 14.5. The van der Waals surface area contributed by atoms with Gasteiger partial charge >= 0.3 is 0 Å². The highest BCUT2D eigenvalue weighted by atomic mass is 31.2. The van der Waals surface area contributed by atoms with Crippen LogP contribution in [-0.2, 0) is 9.36 Å². The number of carbonyl (C=O) groups excluding carboxylic acids is 1. The smallest absolute Gasteiger partial charge is 0.260 e. The van der Waals surface area contributed by atoms with Crippen molar-refractivity contribution in [1.82, 2.24) is 29.8 Å². The predicted molar refractivity (Wildman–Crippen MR) is 221 cm³/mol. The largest absolute Gasteiger partial charge is 0.494 e. The third-order valence-electron chi connectivity index (χ3n) is 11.5. The molecule has 2 aromatic carbocycles. The molecule has 8 rings (SSSR count). The first-order chi connectivity index (χ1) is 26.9. The molecule has 16 heteroatoms. The highest BCUT2D eigenvalue weighted by Gasteiger charge is 2.53. The lowest BCUT2D eigenvalue weighted by molar-refractivity contribution is -0.140. The Kier molecular flexibility index (Phi) is 9.68. The first-order valence-electron chi connectivity index (χ1n) is 18.9. The summed E-state index contributed by atoms with van der Waals surface area (Å²) in [6.45, 7) is 6.26. The van der Waals surface area contributed by atoms with E-state index in [1.807, 2.05) is 30.3 Å². The van der Waals surface area contributed by atoms with Crippen LogP contribution in [0, 0.1) is 5.41 Å². The Labute approximate surface area is 324 Å². The van der Waals surface area contributed by atoms with E-state index in [4.69, 9.17) is 20.4 Å². The fourth-order valence-corrected chi connectivity index (χ4v) is 9.58. The molecule has 292 valence electrons. The van der Waals surface area contributed by atoms with Crippen LogP contribution in [0.2, 0.25) is 0 Å². The second-order valence-corrected chi connectivity index (χ2v) is 18.6. The van der Waals surface area contributed by atoms with Crippen molar-refractivity contribution < 1.29 is 18.5 Å². The number of ether oxygens (including phenoxy) is 1. The Bertz CT molecular complexity index is 2420. The number of fused-ring (bicyclic) bond motifs is 2. The molecule has 0 unspecified atom stereocenters. The van der Waals surface area contributed by atoms with Gasteiger partial charge in [0.25, 0.3) is 5.91 Å². The van der Waals surface area contributed by atoms with Crippen LogP contribution >= 0.6 is 7.14 Å². The Hall–Kier alpha value is -5.56. The second kappa shape index (κ2) is 14.5. The highest BCUT2D eigenvalue weighted by Crippen LogP contribution is 2.47. The van der Waals surface area contributed by atoms with Crippen molar-refractivity contribution in [3.8, 4) is 5.75 Å². The van der Waals surface area contributed by atoms with Gasteiger partial charge in [-0.1, -0.05) is 0 Å². The minimum absolute atomic E-state index is 0.120. The van der Waals surface area contributed by atoms with Gasteiger partial charge in [0, 0.05) is 87.1 Å². The number of hydrogen-bond acceptors (Lipinski definition) is 12. The molecule has 5 N–H and O–H groups in total. The number of aromatic nitrogens is 5. The second-order valence-electron chi connectivity index (χ2n) is 15.4. The van der Waals surface area contributed by atoms with Crippen molar-refractivity contribution in [2.24, 2.45) is 16.1 Å². The number of rotatable bonds is 10. The Morgan fingerprint density at radius 1 is 1.00 bits per heavy atom. The molecule has 1 saturated carbocycles. The molecule has 5 heterocycles. The summed E-state index contributed by atoms with van der Waals surface area (Å²) in [4.78, 5) is 42.9. The summed E-state index contributed by atoms with van der Waals surface area (Å²) in [5.74, 6) is 1.06. The zero-order valence-electron chi connectivity index (χ0n) is 32.1. The first-order valence-corrected chi connectivity index (χ1v) is 21.5. The standard InChI is InChI=1S/C40H47FN11O3P/c1-43-24-25(23-42)27-21-30(32(55-2)22-31(27)51-17-10-39(11-18-51)12-19-52(20-13-39)37(53)40(41)8-9-40)48-38-49-35-26(7-14-46-35)36(50-38)47-29-6-5-28-33(45-16-15-44-28)34(29)56(3,4)54/h5-7,14-16,21-24H,8-13,17-20,42H2,1-4H3,(H3,46,47,48,49,50). The number of H-pyrrole nitrogens is 1. The maximum Gasteiger partial charge on any atom is 0.260 e. The van der Waals surface area contributed by atoms with Gasteiger partial charge < -0.3 is 40.5 Å². The van der Waals surface area contributed by atoms with Gasteiger partial charge in [0.05, 0.1) is 34.7 Å². The molecule has 14 nitrogen and oxygen atoms in total. The number of carbonyl (C=O) groups is 1. The summed E-state index contributed by atoms with van der Waals surface area (Å²) in [7, 11) is 0.506. The van der Waals surface area contributed by atoms with Gasteiger partial charge in [-0.25, -0.2) is 4.39 Å². The number of benzene rings is 2. The number of allylic oxidation sites excluding steroid dienone is 1. The lowest BCUT2D eigenvalue weighted by atomic mass is 9.71. The lowest BCUT2D eigenvalue weighted by Crippen LogP contribution is -2.50. The number of hydrogen-bond donors (Lipinski definition) is 4. The van der Waals surface area contributed by atoms with E-state index in [0.29, 0.717) is 76.8 Å². The van der Waals surface area contributed by atoms with Gasteiger partial charge in [-0.05, 0) is 81.5 Å². The van der Waals surface area contributed by atoms with Crippen molar-refractivity contribution in [1.29, 1.82) is 0 Å². The maximum absolute atomic E-state index is 14.5.